The second-order valence-corrected chi connectivity index (χ2v) is 11.3. The van der Waals surface area contributed by atoms with Crippen molar-refractivity contribution in [1.82, 2.24) is 15.4 Å². The third kappa shape index (κ3) is 7.89. The first-order valence-corrected chi connectivity index (χ1v) is 13.6. The minimum absolute atomic E-state index is 0.231. The second-order valence-electron chi connectivity index (χ2n) is 10.9. The van der Waals surface area contributed by atoms with Crippen molar-refractivity contribution in [2.45, 2.75) is 84.7 Å². The van der Waals surface area contributed by atoms with Gasteiger partial charge >= 0.3 is 0 Å². The Bertz CT molecular complexity index is 1160. The molecule has 2 atom stereocenters. The van der Waals surface area contributed by atoms with Crippen LogP contribution in [-0.4, -0.2) is 39.5 Å². The summed E-state index contributed by atoms with van der Waals surface area (Å²) in [6, 6.07) is 9.61. The maximum atomic E-state index is 12.0. The molecule has 7 heteroatoms. The van der Waals surface area contributed by atoms with Crippen LogP contribution in [0.15, 0.2) is 36.5 Å². The number of H-pyrrole nitrogens is 1. The summed E-state index contributed by atoms with van der Waals surface area (Å²) in [4.78, 5) is 12.0. The number of hydrogen-bond acceptors (Lipinski definition) is 5. The number of aromatic amines is 1. The Labute approximate surface area is 225 Å². The number of carbonyl (C=O) groups excluding carboxylic acids is 1. The van der Waals surface area contributed by atoms with E-state index in [1.165, 1.54) is 6.42 Å². The fourth-order valence-electron chi connectivity index (χ4n) is 4.60. The molecule has 0 saturated heterocycles. The lowest BCUT2D eigenvalue weighted by Crippen LogP contribution is -2.22. The van der Waals surface area contributed by atoms with E-state index in [0.29, 0.717) is 36.0 Å². The normalized spacial score (nSPS) is 13.5. The largest absolute Gasteiger partial charge is 0.507 e. The number of rotatable bonds is 13. The number of nitrogens with zero attached hydrogens (tertiary/aromatic N) is 2. The zero-order valence-corrected chi connectivity index (χ0v) is 23.4. The molecular formula is C30H40ClN3O3. The molecule has 0 saturated carbocycles. The molecule has 0 fully saturated rings. The van der Waals surface area contributed by atoms with Crippen molar-refractivity contribution in [2.75, 3.05) is 6.61 Å². The summed E-state index contributed by atoms with van der Waals surface area (Å²) in [5.74, 6) is 0.685. The van der Waals surface area contributed by atoms with Crippen LogP contribution < -0.4 is 0 Å². The van der Waals surface area contributed by atoms with E-state index in [2.05, 4.69) is 50.0 Å². The van der Waals surface area contributed by atoms with E-state index in [4.69, 9.17) is 16.3 Å². The Morgan fingerprint density at radius 3 is 2.57 bits per heavy atom. The summed E-state index contributed by atoms with van der Waals surface area (Å²) in [6.45, 7) is 11.2. The fraction of sp³-hybridized carbons (Fsp3) is 0.500. The van der Waals surface area contributed by atoms with Crippen LogP contribution in [0, 0.1) is 5.92 Å². The number of phenolic OH excluding ortho intramolecular Hbond substituents is 1. The molecule has 3 aromatic rings. The van der Waals surface area contributed by atoms with Crippen molar-refractivity contribution in [1.29, 1.82) is 0 Å². The van der Waals surface area contributed by atoms with Crippen LogP contribution in [0.5, 0.6) is 5.75 Å². The van der Waals surface area contributed by atoms with E-state index in [0.717, 1.165) is 53.5 Å². The molecule has 2 aromatic carbocycles. The van der Waals surface area contributed by atoms with Crippen molar-refractivity contribution < 1.29 is 14.6 Å². The van der Waals surface area contributed by atoms with Gasteiger partial charge in [0, 0.05) is 29.0 Å². The molecule has 2 unspecified atom stereocenters. The smallest absolute Gasteiger partial charge is 0.149 e. The van der Waals surface area contributed by atoms with Gasteiger partial charge in [0.2, 0.25) is 0 Å². The molecule has 37 heavy (non-hydrogen) atoms. The number of carbonyl (C=O) groups is 1. The molecule has 200 valence electrons. The van der Waals surface area contributed by atoms with E-state index in [-0.39, 0.29) is 11.2 Å². The van der Waals surface area contributed by atoms with Crippen LogP contribution in [0.25, 0.3) is 11.1 Å². The molecule has 0 radical (unpaired) electrons. The average Bonchev–Trinajstić information content (AvgIpc) is 3.37. The highest BCUT2D eigenvalue weighted by Crippen LogP contribution is 2.41. The van der Waals surface area contributed by atoms with Gasteiger partial charge in [0.05, 0.1) is 18.5 Å². The van der Waals surface area contributed by atoms with E-state index in [1.807, 2.05) is 30.3 Å². The van der Waals surface area contributed by atoms with Gasteiger partial charge in [-0.2, -0.15) is 15.4 Å². The predicted molar refractivity (Wildman–Crippen MR) is 149 cm³/mol. The van der Waals surface area contributed by atoms with Crippen molar-refractivity contribution >= 4 is 17.9 Å². The summed E-state index contributed by atoms with van der Waals surface area (Å²) >= 11 is 6.35. The number of aromatic hydroxyl groups is 1. The number of unbranched alkanes of at least 4 members (excludes halogenated alkanes) is 1. The monoisotopic (exact) mass is 525 g/mol. The van der Waals surface area contributed by atoms with Crippen molar-refractivity contribution in [3.05, 3.63) is 63.9 Å². The molecule has 3 rings (SSSR count). The molecule has 0 bridgehead atoms. The first-order valence-electron chi connectivity index (χ1n) is 13.2. The Morgan fingerprint density at radius 2 is 1.95 bits per heavy atom. The summed E-state index contributed by atoms with van der Waals surface area (Å²) in [5, 5.41) is 22.8. The molecule has 1 aromatic heterocycles. The number of hydrogen-bond donors (Lipinski definition) is 2. The molecule has 0 spiro atoms. The fourth-order valence-corrected chi connectivity index (χ4v) is 4.80. The van der Waals surface area contributed by atoms with Gasteiger partial charge in [-0.25, -0.2) is 0 Å². The highest BCUT2D eigenvalue weighted by Gasteiger charge is 2.24. The van der Waals surface area contributed by atoms with Gasteiger partial charge in [-0.1, -0.05) is 77.6 Å². The lowest BCUT2D eigenvalue weighted by molar-refractivity contribution is -0.119. The van der Waals surface area contributed by atoms with Crippen LogP contribution >= 0.6 is 11.6 Å². The van der Waals surface area contributed by atoms with Gasteiger partial charge in [0.1, 0.15) is 18.1 Å². The molecule has 0 amide bonds. The lowest BCUT2D eigenvalue weighted by Gasteiger charge is -2.25. The van der Waals surface area contributed by atoms with E-state index < -0.39 is 6.10 Å². The van der Waals surface area contributed by atoms with E-state index in [1.54, 1.807) is 6.20 Å². The van der Waals surface area contributed by atoms with Gasteiger partial charge < -0.3 is 14.6 Å². The highest BCUT2D eigenvalue weighted by atomic mass is 35.5. The third-order valence-electron chi connectivity index (χ3n) is 6.85. The lowest BCUT2D eigenvalue weighted by atomic mass is 9.81. The average molecular weight is 526 g/mol. The minimum atomic E-state index is -0.541. The Kier molecular flexibility index (Phi) is 10.3. The summed E-state index contributed by atoms with van der Waals surface area (Å²) in [6.07, 6.45) is 7.46. The number of ether oxygens (including phenoxy) is 1. The summed E-state index contributed by atoms with van der Waals surface area (Å²) in [5.41, 5.74) is 4.73. The van der Waals surface area contributed by atoms with Crippen molar-refractivity contribution in [3.8, 4) is 16.9 Å². The van der Waals surface area contributed by atoms with Gasteiger partial charge in [-0.15, -0.1) is 0 Å². The van der Waals surface area contributed by atoms with Gasteiger partial charge in [0.25, 0.3) is 0 Å². The standard InChI is InChI=1S/C30H40ClN3O3/c1-6-8-9-20(7-2)19-37-25(18-35)12-21-13-27(29(36)28(14-21)30(3,4)5)26-11-10-23(31)15-22(26)16-24-17-32-34-33-24/h10-11,13-15,17-18,20,25,36H,6-9,12,16,19H2,1-5H3,(H,32,33,34). The Balaban J connectivity index is 1.98. The summed E-state index contributed by atoms with van der Waals surface area (Å²) in [7, 11) is 0. The number of aldehydes is 1. The topological polar surface area (TPSA) is 88.1 Å². The zero-order chi connectivity index (χ0) is 27.0. The van der Waals surface area contributed by atoms with Gasteiger partial charge in [-0.3, -0.25) is 0 Å². The SMILES string of the molecule is CCCCC(CC)COC(C=O)Cc1cc(-c2ccc(Cl)cc2Cc2cn[nH]n2)c(O)c(C(C)(C)C)c1. The maximum absolute atomic E-state index is 12.0. The molecule has 0 aliphatic carbocycles. The van der Waals surface area contributed by atoms with Crippen LogP contribution in [-0.2, 0) is 27.8 Å². The van der Waals surface area contributed by atoms with E-state index in [9.17, 15) is 9.90 Å². The van der Waals surface area contributed by atoms with Crippen molar-refractivity contribution in [3.63, 3.8) is 0 Å². The first kappa shape index (κ1) is 28.9. The molecular weight excluding hydrogens is 486 g/mol. The Hall–Kier alpha value is -2.70. The van der Waals surface area contributed by atoms with Gasteiger partial charge in [-0.05, 0) is 52.6 Å². The number of phenols is 1. The number of aromatic nitrogens is 3. The Morgan fingerprint density at radius 1 is 1.16 bits per heavy atom. The van der Waals surface area contributed by atoms with Crippen LogP contribution in [0.1, 0.15) is 82.7 Å². The number of nitrogens with one attached hydrogen (secondary N) is 1. The minimum Gasteiger partial charge on any atom is -0.507 e. The quantitative estimate of drug-likeness (QED) is 0.233. The van der Waals surface area contributed by atoms with Crippen molar-refractivity contribution in [2.24, 2.45) is 5.92 Å². The molecule has 0 aliphatic rings. The number of benzene rings is 2. The van der Waals surface area contributed by atoms with Crippen LogP contribution in [0.2, 0.25) is 5.02 Å². The van der Waals surface area contributed by atoms with Crippen LogP contribution in [0.3, 0.4) is 0 Å². The summed E-state index contributed by atoms with van der Waals surface area (Å²) < 4.78 is 6.09. The van der Waals surface area contributed by atoms with Crippen LogP contribution in [0.4, 0.5) is 0 Å². The first-order chi connectivity index (χ1) is 17.7. The van der Waals surface area contributed by atoms with E-state index >= 15 is 0 Å². The predicted octanol–water partition coefficient (Wildman–Crippen LogP) is 7.06. The zero-order valence-electron chi connectivity index (χ0n) is 22.7. The molecule has 6 nitrogen and oxygen atoms in total. The molecule has 2 N–H and O–H groups in total. The highest BCUT2D eigenvalue weighted by molar-refractivity contribution is 6.30. The second kappa shape index (κ2) is 13.2. The maximum Gasteiger partial charge on any atom is 0.149 e. The molecule has 0 aliphatic heterocycles. The van der Waals surface area contributed by atoms with Gasteiger partial charge in [0.15, 0.2) is 0 Å². The number of halogens is 1. The molecule has 1 heterocycles. The third-order valence-corrected chi connectivity index (χ3v) is 7.08.